The van der Waals surface area contributed by atoms with Gasteiger partial charge in [0.05, 0.1) is 36.3 Å². The van der Waals surface area contributed by atoms with Gasteiger partial charge in [0.1, 0.15) is 17.9 Å². The van der Waals surface area contributed by atoms with Crippen LogP contribution in [0.25, 0.3) is 0 Å². The van der Waals surface area contributed by atoms with Crippen molar-refractivity contribution < 1.29 is 32.2 Å². The number of ether oxygens (including phenoxy) is 2. The first-order valence-corrected chi connectivity index (χ1v) is 11.4. The summed E-state index contributed by atoms with van der Waals surface area (Å²) < 4.78 is 48.0. The predicted octanol–water partition coefficient (Wildman–Crippen LogP) is 5.35. The molecule has 1 aliphatic heterocycles. The Bertz CT molecular complexity index is 1400. The van der Waals surface area contributed by atoms with Crippen LogP contribution >= 0.6 is 11.6 Å². The summed E-state index contributed by atoms with van der Waals surface area (Å²) in [4.78, 5) is 27.0. The van der Waals surface area contributed by atoms with Crippen molar-refractivity contribution in [1.82, 2.24) is 14.8 Å². The van der Waals surface area contributed by atoms with Crippen molar-refractivity contribution >= 4 is 35.1 Å². The maximum atomic E-state index is 13.6. The van der Waals surface area contributed by atoms with Crippen LogP contribution in [0.3, 0.4) is 0 Å². The number of anilines is 1. The molecule has 38 heavy (non-hydrogen) atoms. The maximum Gasteiger partial charge on any atom is 0.573 e. The Morgan fingerprint density at radius 1 is 1.18 bits per heavy atom. The molecule has 0 saturated carbocycles. The molecule has 14 heteroatoms. The SMILES string of the molecule is CCOC(=O)N(C(=O)N1CC(n2cc(C#N)cn2)C(c2ccc(Cl)cc2)=N1)c1ccc(OC(F)(F)F)cc1. The van der Waals surface area contributed by atoms with Gasteiger partial charge in [-0.2, -0.15) is 20.4 Å². The third kappa shape index (κ3) is 5.87. The second-order valence-corrected chi connectivity index (χ2v) is 8.21. The Morgan fingerprint density at radius 2 is 1.87 bits per heavy atom. The van der Waals surface area contributed by atoms with Crippen molar-refractivity contribution in [1.29, 1.82) is 5.26 Å². The van der Waals surface area contributed by atoms with Gasteiger partial charge in [0.25, 0.3) is 0 Å². The van der Waals surface area contributed by atoms with Crippen LogP contribution < -0.4 is 9.64 Å². The highest BCUT2D eigenvalue weighted by Crippen LogP contribution is 2.29. The largest absolute Gasteiger partial charge is 0.573 e. The van der Waals surface area contributed by atoms with Crippen LogP contribution in [0.4, 0.5) is 28.4 Å². The van der Waals surface area contributed by atoms with E-state index in [9.17, 15) is 28.0 Å². The number of imide groups is 1. The molecular weight excluding hydrogens is 529 g/mol. The molecule has 3 aromatic rings. The third-order valence-corrected chi connectivity index (χ3v) is 5.52. The number of aromatic nitrogens is 2. The zero-order valence-corrected chi connectivity index (χ0v) is 20.3. The molecule has 0 spiro atoms. The minimum atomic E-state index is -4.91. The second kappa shape index (κ2) is 10.8. The van der Waals surface area contributed by atoms with Gasteiger partial charge >= 0.3 is 18.5 Å². The first-order valence-electron chi connectivity index (χ1n) is 11.0. The number of hydrogen-bond acceptors (Lipinski definition) is 7. The van der Waals surface area contributed by atoms with Gasteiger partial charge in [-0.1, -0.05) is 23.7 Å². The fourth-order valence-corrected chi connectivity index (χ4v) is 3.77. The molecule has 1 atom stereocenters. The molecule has 0 fully saturated rings. The summed E-state index contributed by atoms with van der Waals surface area (Å²) in [6, 6.07) is 11.2. The monoisotopic (exact) mass is 546 g/mol. The van der Waals surface area contributed by atoms with E-state index >= 15 is 0 Å². The fraction of sp³-hybridized carbons (Fsp3) is 0.208. The lowest BCUT2D eigenvalue weighted by molar-refractivity contribution is -0.274. The molecule has 0 saturated heterocycles. The van der Waals surface area contributed by atoms with Crippen LogP contribution in [0, 0.1) is 11.3 Å². The van der Waals surface area contributed by atoms with Crippen LogP contribution in [0.2, 0.25) is 5.02 Å². The summed E-state index contributed by atoms with van der Waals surface area (Å²) in [5.74, 6) is -0.534. The van der Waals surface area contributed by atoms with E-state index in [1.807, 2.05) is 6.07 Å². The van der Waals surface area contributed by atoms with E-state index < -0.39 is 30.3 Å². The Labute approximate surface area is 219 Å². The molecule has 1 unspecified atom stereocenters. The van der Waals surface area contributed by atoms with Crippen molar-refractivity contribution in [3.05, 3.63) is 77.1 Å². The minimum absolute atomic E-state index is 0.0655. The molecule has 196 valence electrons. The van der Waals surface area contributed by atoms with Crippen molar-refractivity contribution in [2.24, 2.45) is 5.10 Å². The van der Waals surface area contributed by atoms with E-state index in [1.165, 1.54) is 24.0 Å². The van der Waals surface area contributed by atoms with Gasteiger partial charge in [0, 0.05) is 16.8 Å². The lowest BCUT2D eigenvalue weighted by Crippen LogP contribution is -2.44. The average Bonchev–Trinajstić information content (AvgIpc) is 3.52. The van der Waals surface area contributed by atoms with E-state index in [4.69, 9.17) is 16.3 Å². The molecule has 0 bridgehead atoms. The van der Waals surface area contributed by atoms with Gasteiger partial charge in [0.15, 0.2) is 0 Å². The average molecular weight is 547 g/mol. The number of hydrazone groups is 1. The van der Waals surface area contributed by atoms with Crippen LogP contribution in [-0.4, -0.2) is 52.1 Å². The summed E-state index contributed by atoms with van der Waals surface area (Å²) in [6.45, 7) is 1.40. The summed E-state index contributed by atoms with van der Waals surface area (Å²) in [7, 11) is 0. The number of halogens is 4. The Balaban J connectivity index is 1.69. The highest BCUT2D eigenvalue weighted by Gasteiger charge is 2.38. The Hall–Kier alpha value is -4.57. The lowest BCUT2D eigenvalue weighted by Gasteiger charge is -2.24. The molecule has 0 radical (unpaired) electrons. The molecular formula is C24H18ClF3N6O4. The summed E-state index contributed by atoms with van der Waals surface area (Å²) in [6.07, 6.45) is -3.11. The Morgan fingerprint density at radius 3 is 2.45 bits per heavy atom. The number of nitrogens with zero attached hydrogens (tertiary/aromatic N) is 6. The lowest BCUT2D eigenvalue weighted by atomic mass is 10.0. The normalized spacial score (nSPS) is 15.0. The van der Waals surface area contributed by atoms with Crippen molar-refractivity contribution in [3.8, 4) is 11.8 Å². The van der Waals surface area contributed by atoms with Crippen LogP contribution in [0.5, 0.6) is 5.75 Å². The van der Waals surface area contributed by atoms with Gasteiger partial charge in [-0.25, -0.2) is 14.6 Å². The zero-order chi connectivity index (χ0) is 27.4. The zero-order valence-electron chi connectivity index (χ0n) is 19.6. The highest BCUT2D eigenvalue weighted by molar-refractivity contribution is 6.30. The Kier molecular flexibility index (Phi) is 7.54. The van der Waals surface area contributed by atoms with Crippen molar-refractivity contribution in [3.63, 3.8) is 0 Å². The van der Waals surface area contributed by atoms with E-state index in [0.717, 1.165) is 29.3 Å². The van der Waals surface area contributed by atoms with Gasteiger partial charge in [-0.3, -0.25) is 4.68 Å². The molecule has 2 heterocycles. The quantitative estimate of drug-likeness (QED) is 0.426. The number of carbonyl (C=O) groups is 2. The van der Waals surface area contributed by atoms with E-state index in [2.05, 4.69) is 14.9 Å². The summed E-state index contributed by atoms with van der Waals surface area (Å²) in [5.41, 5.74) is 1.24. The van der Waals surface area contributed by atoms with Gasteiger partial charge in [0.2, 0.25) is 0 Å². The fourth-order valence-electron chi connectivity index (χ4n) is 3.65. The topological polar surface area (TPSA) is 113 Å². The standard InChI is InChI=1S/C24H18ClF3N6O4/c1-2-37-23(36)34(18-7-9-19(10-8-18)38-24(26,27)28)22(35)33-14-20(32-13-15(11-29)12-30-32)21(31-33)16-3-5-17(25)6-4-16/h3-10,12-13,20H,2,14H2,1H3. The van der Waals surface area contributed by atoms with Gasteiger partial charge in [-0.05, 0) is 43.3 Å². The number of urea groups is 1. The third-order valence-electron chi connectivity index (χ3n) is 5.27. The molecule has 1 aliphatic rings. The first kappa shape index (κ1) is 26.5. The number of rotatable bonds is 5. The molecule has 0 N–H and O–H groups in total. The number of nitriles is 1. The second-order valence-electron chi connectivity index (χ2n) is 7.77. The van der Waals surface area contributed by atoms with E-state index in [0.29, 0.717) is 26.8 Å². The number of alkyl halides is 3. The van der Waals surface area contributed by atoms with Crippen LogP contribution in [-0.2, 0) is 4.74 Å². The molecule has 1 aromatic heterocycles. The molecule has 4 rings (SSSR count). The smallest absolute Gasteiger partial charge is 0.449 e. The molecule has 10 nitrogen and oxygen atoms in total. The van der Waals surface area contributed by atoms with Crippen molar-refractivity contribution in [2.75, 3.05) is 18.1 Å². The number of amides is 3. The van der Waals surface area contributed by atoms with E-state index in [1.54, 1.807) is 24.3 Å². The van der Waals surface area contributed by atoms with Gasteiger partial charge in [-0.15, -0.1) is 13.2 Å². The van der Waals surface area contributed by atoms with Crippen molar-refractivity contribution in [2.45, 2.75) is 19.3 Å². The molecule has 0 aliphatic carbocycles. The molecule has 3 amide bonds. The summed E-state index contributed by atoms with van der Waals surface area (Å²) in [5, 5.41) is 19.3. The number of carbonyl (C=O) groups excluding carboxylic acids is 2. The highest BCUT2D eigenvalue weighted by atomic mass is 35.5. The number of benzene rings is 2. The van der Waals surface area contributed by atoms with Gasteiger partial charge < -0.3 is 9.47 Å². The molecule has 2 aromatic carbocycles. The van der Waals surface area contributed by atoms with Crippen LogP contribution in [0.15, 0.2) is 66.0 Å². The maximum absolute atomic E-state index is 13.6. The van der Waals surface area contributed by atoms with Crippen LogP contribution in [0.1, 0.15) is 24.1 Å². The number of hydrogen-bond donors (Lipinski definition) is 0. The predicted molar refractivity (Wildman–Crippen MR) is 129 cm³/mol. The minimum Gasteiger partial charge on any atom is -0.449 e. The summed E-state index contributed by atoms with van der Waals surface area (Å²) >= 11 is 6.01. The first-order chi connectivity index (χ1) is 18.1. The van der Waals surface area contributed by atoms with E-state index in [-0.39, 0.29) is 18.8 Å².